The summed E-state index contributed by atoms with van der Waals surface area (Å²) in [7, 11) is -2.11. The Morgan fingerprint density at radius 3 is 2.64 bits per heavy atom. The molecule has 134 valence electrons. The third-order valence-corrected chi connectivity index (χ3v) is 5.90. The van der Waals surface area contributed by atoms with E-state index in [4.69, 9.17) is 16.0 Å². The normalized spacial score (nSPS) is 14.5. The van der Waals surface area contributed by atoms with Crippen molar-refractivity contribution in [3.63, 3.8) is 0 Å². The number of furan rings is 1. The summed E-state index contributed by atoms with van der Waals surface area (Å²) in [5.74, 6) is 1.11. The van der Waals surface area contributed by atoms with E-state index in [-0.39, 0.29) is 34.0 Å². The van der Waals surface area contributed by atoms with Crippen LogP contribution in [-0.2, 0) is 16.6 Å². The van der Waals surface area contributed by atoms with Crippen molar-refractivity contribution >= 4 is 27.5 Å². The van der Waals surface area contributed by atoms with Gasteiger partial charge in [-0.3, -0.25) is 4.79 Å². The summed E-state index contributed by atoms with van der Waals surface area (Å²) < 4.78 is 32.9. The van der Waals surface area contributed by atoms with Gasteiger partial charge in [0.15, 0.2) is 0 Å². The summed E-state index contributed by atoms with van der Waals surface area (Å²) >= 11 is 6.04. The van der Waals surface area contributed by atoms with Crippen LogP contribution in [0.15, 0.2) is 39.6 Å². The Hall–Kier alpha value is -1.83. The molecule has 6 nitrogen and oxygen atoms in total. The summed E-state index contributed by atoms with van der Waals surface area (Å²) in [6, 6.07) is 7.86. The number of hydrogen-bond donors (Lipinski definition) is 1. The van der Waals surface area contributed by atoms with Crippen LogP contribution < -0.4 is 4.72 Å². The minimum atomic E-state index is -3.74. The molecule has 0 saturated heterocycles. The van der Waals surface area contributed by atoms with Crippen LogP contribution in [0.25, 0.3) is 0 Å². The molecule has 0 aliphatic heterocycles. The minimum absolute atomic E-state index is 0.0368. The Labute approximate surface area is 151 Å². The summed E-state index contributed by atoms with van der Waals surface area (Å²) in [6.45, 7) is 2.12. The van der Waals surface area contributed by atoms with E-state index < -0.39 is 10.0 Å². The molecule has 0 bridgehead atoms. The van der Waals surface area contributed by atoms with Gasteiger partial charge in [-0.1, -0.05) is 11.6 Å². The van der Waals surface area contributed by atoms with Crippen LogP contribution in [0.1, 0.15) is 34.7 Å². The highest BCUT2D eigenvalue weighted by molar-refractivity contribution is 7.89. The fourth-order valence-electron chi connectivity index (χ4n) is 2.42. The van der Waals surface area contributed by atoms with Gasteiger partial charge in [-0.15, -0.1) is 0 Å². The first-order chi connectivity index (χ1) is 11.8. The number of sulfonamides is 1. The van der Waals surface area contributed by atoms with Crippen LogP contribution in [0.3, 0.4) is 0 Å². The molecule has 0 unspecified atom stereocenters. The molecule has 1 aliphatic carbocycles. The van der Waals surface area contributed by atoms with E-state index in [1.54, 1.807) is 13.1 Å². The fraction of sp³-hybridized carbons (Fsp3) is 0.353. The summed E-state index contributed by atoms with van der Waals surface area (Å²) in [4.78, 5) is 14.0. The zero-order chi connectivity index (χ0) is 18.2. The molecule has 0 radical (unpaired) electrons. The molecule has 3 rings (SSSR count). The number of rotatable bonds is 6. The lowest BCUT2D eigenvalue weighted by atomic mass is 10.2. The number of hydrogen-bond acceptors (Lipinski definition) is 4. The van der Waals surface area contributed by atoms with Crippen LogP contribution in [0.5, 0.6) is 0 Å². The van der Waals surface area contributed by atoms with Crippen LogP contribution in [0.2, 0.25) is 5.02 Å². The van der Waals surface area contributed by atoms with E-state index >= 15 is 0 Å². The van der Waals surface area contributed by atoms with Gasteiger partial charge in [0.25, 0.3) is 5.91 Å². The molecule has 0 spiro atoms. The van der Waals surface area contributed by atoms with Crippen LogP contribution in [-0.4, -0.2) is 32.3 Å². The van der Waals surface area contributed by atoms with E-state index in [1.165, 1.54) is 23.1 Å². The lowest BCUT2D eigenvalue weighted by Crippen LogP contribution is -2.28. The summed E-state index contributed by atoms with van der Waals surface area (Å²) in [5.41, 5.74) is 0.256. The molecule has 1 heterocycles. The molecule has 1 saturated carbocycles. The molecule has 1 aliphatic rings. The van der Waals surface area contributed by atoms with E-state index in [0.29, 0.717) is 5.76 Å². The monoisotopic (exact) mass is 382 g/mol. The van der Waals surface area contributed by atoms with Crippen molar-refractivity contribution in [2.24, 2.45) is 0 Å². The highest BCUT2D eigenvalue weighted by atomic mass is 35.5. The number of nitrogens with one attached hydrogen (secondary N) is 1. The fourth-order valence-corrected chi connectivity index (χ4v) is 4.25. The van der Waals surface area contributed by atoms with Crippen molar-refractivity contribution in [3.05, 3.63) is 52.4 Å². The zero-order valence-electron chi connectivity index (χ0n) is 14.0. The second-order valence-electron chi connectivity index (χ2n) is 6.21. The van der Waals surface area contributed by atoms with Gasteiger partial charge in [0.05, 0.1) is 11.6 Å². The predicted molar refractivity (Wildman–Crippen MR) is 94.0 cm³/mol. The smallest absolute Gasteiger partial charge is 0.254 e. The van der Waals surface area contributed by atoms with Crippen molar-refractivity contribution in [1.29, 1.82) is 0 Å². The zero-order valence-corrected chi connectivity index (χ0v) is 15.5. The van der Waals surface area contributed by atoms with E-state index in [9.17, 15) is 13.2 Å². The number of aryl methyl sites for hydroxylation is 1. The topological polar surface area (TPSA) is 79.6 Å². The molecule has 1 N–H and O–H groups in total. The van der Waals surface area contributed by atoms with Crippen LogP contribution in [0, 0.1) is 6.92 Å². The Morgan fingerprint density at radius 2 is 2.04 bits per heavy atom. The molecule has 1 fully saturated rings. The van der Waals surface area contributed by atoms with E-state index in [2.05, 4.69) is 4.72 Å². The molecule has 2 aromatic rings. The van der Waals surface area contributed by atoms with E-state index in [0.717, 1.165) is 18.6 Å². The van der Waals surface area contributed by atoms with Gasteiger partial charge in [-0.05, 0) is 50.1 Å². The maximum absolute atomic E-state index is 12.6. The molecule has 1 aromatic heterocycles. The number of benzene rings is 1. The maximum atomic E-state index is 12.6. The Morgan fingerprint density at radius 1 is 1.32 bits per heavy atom. The van der Waals surface area contributed by atoms with Crippen molar-refractivity contribution in [2.75, 3.05) is 7.05 Å². The van der Waals surface area contributed by atoms with Crippen molar-refractivity contribution in [2.45, 2.75) is 37.2 Å². The summed E-state index contributed by atoms with van der Waals surface area (Å²) in [5, 5.41) is 0.0917. The predicted octanol–water partition coefficient (Wildman–Crippen LogP) is 2.95. The van der Waals surface area contributed by atoms with Gasteiger partial charge in [0.1, 0.15) is 16.4 Å². The first-order valence-electron chi connectivity index (χ1n) is 7.89. The Balaban J connectivity index is 1.81. The average molecular weight is 383 g/mol. The number of halogens is 1. The largest absolute Gasteiger partial charge is 0.464 e. The van der Waals surface area contributed by atoms with Gasteiger partial charge >= 0.3 is 0 Å². The van der Waals surface area contributed by atoms with Gasteiger partial charge < -0.3 is 9.32 Å². The van der Waals surface area contributed by atoms with Crippen molar-refractivity contribution < 1.29 is 17.6 Å². The molecule has 8 heteroatoms. The van der Waals surface area contributed by atoms with Gasteiger partial charge in [0.2, 0.25) is 10.0 Å². The van der Waals surface area contributed by atoms with Gasteiger partial charge in [-0.2, -0.15) is 0 Å². The lowest BCUT2D eigenvalue weighted by Gasteiger charge is -2.17. The maximum Gasteiger partial charge on any atom is 0.254 e. The molecule has 1 aromatic carbocycles. The number of carbonyl (C=O) groups excluding carboxylic acids is 1. The quantitative estimate of drug-likeness (QED) is 0.832. The Bertz CT molecular complexity index is 903. The number of amides is 1. The second-order valence-corrected chi connectivity index (χ2v) is 8.30. The Kier molecular flexibility index (Phi) is 4.90. The lowest BCUT2D eigenvalue weighted by molar-refractivity contribution is 0.0774. The van der Waals surface area contributed by atoms with Crippen LogP contribution in [0.4, 0.5) is 0 Å². The highest BCUT2D eigenvalue weighted by Gasteiger charge is 2.30. The van der Waals surface area contributed by atoms with Crippen LogP contribution >= 0.6 is 11.6 Å². The third kappa shape index (κ3) is 4.23. The molecular weight excluding hydrogens is 364 g/mol. The average Bonchev–Trinajstić information content (AvgIpc) is 3.26. The second kappa shape index (κ2) is 6.82. The molecular formula is C17H19ClN2O4S. The highest BCUT2D eigenvalue weighted by Crippen LogP contribution is 2.27. The molecule has 1 amide bonds. The van der Waals surface area contributed by atoms with Gasteiger partial charge in [0, 0.05) is 18.7 Å². The van der Waals surface area contributed by atoms with Gasteiger partial charge in [-0.25, -0.2) is 13.1 Å². The SMILES string of the molecule is Cc1ccc(CN(C)C(=O)c2ccc(Cl)c(S(=O)(=O)NC3CC3)c2)o1. The minimum Gasteiger partial charge on any atom is -0.464 e. The first kappa shape index (κ1) is 18.0. The standard InChI is InChI=1S/C17H19ClN2O4S/c1-11-3-7-14(24-11)10-20(2)17(21)12-4-8-15(18)16(9-12)25(22,23)19-13-5-6-13/h3-4,7-9,13,19H,5-6,10H2,1-2H3. The van der Waals surface area contributed by atoms with Crippen molar-refractivity contribution in [3.8, 4) is 0 Å². The molecule has 0 atom stereocenters. The van der Waals surface area contributed by atoms with Crippen molar-refractivity contribution in [1.82, 2.24) is 9.62 Å². The first-order valence-corrected chi connectivity index (χ1v) is 9.75. The van der Waals surface area contributed by atoms with E-state index in [1.807, 2.05) is 13.0 Å². The molecule has 25 heavy (non-hydrogen) atoms. The number of carbonyl (C=O) groups is 1. The third-order valence-electron chi connectivity index (χ3n) is 3.90. The number of nitrogens with zero attached hydrogens (tertiary/aromatic N) is 1. The summed E-state index contributed by atoms with van der Waals surface area (Å²) in [6.07, 6.45) is 1.64.